The normalized spacial score (nSPS) is 36.0. The Labute approximate surface area is 180 Å². The summed E-state index contributed by atoms with van der Waals surface area (Å²) in [5, 5.41) is 3.79. The first-order chi connectivity index (χ1) is 12.3. The number of hydrogen-bond donors (Lipinski definition) is 1. The smallest absolute Gasteiger partial charge is 0.194 e. The van der Waals surface area contributed by atoms with Crippen molar-refractivity contribution < 1.29 is 13.2 Å². The molecule has 3 unspecified atom stereocenters. The van der Waals surface area contributed by atoms with Crippen LogP contribution in [-0.2, 0) is 14.6 Å². The zero-order valence-electron chi connectivity index (χ0n) is 16.7. The Morgan fingerprint density at radius 1 is 1.30 bits per heavy atom. The van der Waals surface area contributed by atoms with E-state index in [1.54, 1.807) is 0 Å². The highest BCUT2D eigenvalue weighted by molar-refractivity contribution is 14.0. The van der Waals surface area contributed by atoms with Crippen molar-refractivity contribution >= 4 is 39.8 Å². The van der Waals surface area contributed by atoms with E-state index in [1.165, 1.54) is 25.7 Å². The third kappa shape index (κ3) is 3.41. The number of sulfone groups is 1. The second kappa shape index (κ2) is 7.63. The van der Waals surface area contributed by atoms with Crippen molar-refractivity contribution in [3.05, 3.63) is 0 Å². The van der Waals surface area contributed by atoms with Gasteiger partial charge < -0.3 is 15.0 Å². The Balaban J connectivity index is 0.00000210. The summed E-state index contributed by atoms with van der Waals surface area (Å²) in [5.41, 5.74) is 0.271. The summed E-state index contributed by atoms with van der Waals surface area (Å²) in [6, 6.07) is 0.421. The van der Waals surface area contributed by atoms with Gasteiger partial charge in [0.25, 0.3) is 0 Å². The molecular weight excluding hydrogens is 477 g/mol. The fourth-order valence-corrected chi connectivity index (χ4v) is 7.12. The molecule has 4 aliphatic rings. The third-order valence-corrected chi connectivity index (χ3v) is 9.75. The molecule has 8 heteroatoms. The third-order valence-electron chi connectivity index (χ3n) is 7.22. The predicted molar refractivity (Wildman–Crippen MR) is 119 cm³/mol. The maximum Gasteiger partial charge on any atom is 0.194 e. The van der Waals surface area contributed by atoms with Crippen LogP contribution < -0.4 is 5.32 Å². The van der Waals surface area contributed by atoms with Gasteiger partial charge in [0.15, 0.2) is 15.8 Å². The standard InChI is InChI=1S/C19H33N3O3S.HI/c1-4-20-17(22-10-12-26(23,24)18(2,3)13-22)21-15-14-7-11-25-16(14)19(15)8-5-6-9-19;/h14-16H,4-13H2,1-3H3,(H,20,21);1H. The molecule has 2 heterocycles. The topological polar surface area (TPSA) is 71.0 Å². The number of nitrogens with one attached hydrogen (secondary N) is 1. The Morgan fingerprint density at radius 2 is 2.00 bits per heavy atom. The van der Waals surface area contributed by atoms with E-state index in [4.69, 9.17) is 9.73 Å². The summed E-state index contributed by atoms with van der Waals surface area (Å²) in [6.45, 7) is 8.33. The number of hydrogen-bond acceptors (Lipinski definition) is 4. The van der Waals surface area contributed by atoms with Gasteiger partial charge in [-0.3, -0.25) is 4.99 Å². The van der Waals surface area contributed by atoms with Gasteiger partial charge in [0.1, 0.15) is 0 Å². The summed E-state index contributed by atoms with van der Waals surface area (Å²) >= 11 is 0. The molecule has 2 saturated carbocycles. The Morgan fingerprint density at radius 3 is 2.63 bits per heavy atom. The molecule has 4 fully saturated rings. The molecule has 3 atom stereocenters. The first-order valence-corrected chi connectivity index (χ1v) is 11.9. The molecule has 0 aromatic heterocycles. The summed E-state index contributed by atoms with van der Waals surface area (Å²) in [4.78, 5) is 6.91. The lowest BCUT2D eigenvalue weighted by atomic mass is 9.54. The van der Waals surface area contributed by atoms with E-state index < -0.39 is 14.6 Å². The highest BCUT2D eigenvalue weighted by atomic mass is 127. The van der Waals surface area contributed by atoms with Gasteiger partial charge in [0, 0.05) is 43.6 Å². The number of fused-ring (bicyclic) bond motifs is 2. The van der Waals surface area contributed by atoms with Crippen molar-refractivity contribution in [2.75, 3.05) is 32.0 Å². The van der Waals surface area contributed by atoms with Crippen LogP contribution in [0.3, 0.4) is 0 Å². The lowest BCUT2D eigenvalue weighted by molar-refractivity contribution is -0.125. The van der Waals surface area contributed by atoms with Gasteiger partial charge in [-0.2, -0.15) is 0 Å². The average molecular weight is 511 g/mol. The first-order valence-electron chi connectivity index (χ1n) is 10.2. The lowest BCUT2D eigenvalue weighted by Gasteiger charge is -2.57. The number of halogens is 1. The Kier molecular flexibility index (Phi) is 6.11. The molecule has 2 aliphatic carbocycles. The first kappa shape index (κ1) is 21.6. The number of guanidine groups is 1. The monoisotopic (exact) mass is 511 g/mol. The van der Waals surface area contributed by atoms with Gasteiger partial charge in [0.05, 0.1) is 16.6 Å². The van der Waals surface area contributed by atoms with E-state index in [9.17, 15) is 8.42 Å². The SMILES string of the molecule is CCN=C(NC1C2CCOC2C12CCCC2)N1CCS(=O)(=O)C(C)(C)C1.I. The van der Waals surface area contributed by atoms with Crippen LogP contribution in [0.25, 0.3) is 0 Å². The molecule has 2 saturated heterocycles. The minimum Gasteiger partial charge on any atom is -0.377 e. The average Bonchev–Trinajstić information content (AvgIpc) is 3.22. The number of nitrogens with zero attached hydrogens (tertiary/aromatic N) is 2. The van der Waals surface area contributed by atoms with Crippen LogP contribution in [0.1, 0.15) is 52.9 Å². The highest BCUT2D eigenvalue weighted by Crippen LogP contribution is 2.60. The van der Waals surface area contributed by atoms with Crippen LogP contribution in [0.2, 0.25) is 0 Å². The van der Waals surface area contributed by atoms with Gasteiger partial charge >= 0.3 is 0 Å². The van der Waals surface area contributed by atoms with Crippen LogP contribution in [0.4, 0.5) is 0 Å². The second-order valence-electron chi connectivity index (χ2n) is 9.10. The fourth-order valence-electron chi connectivity index (χ4n) is 5.75. The molecule has 0 bridgehead atoms. The number of ether oxygens (including phenoxy) is 1. The number of aliphatic imine (C=N–C) groups is 1. The van der Waals surface area contributed by atoms with Crippen LogP contribution >= 0.6 is 24.0 Å². The van der Waals surface area contributed by atoms with Crippen LogP contribution in [0.5, 0.6) is 0 Å². The molecular formula is C19H34IN3O3S. The molecule has 1 N–H and O–H groups in total. The summed E-state index contributed by atoms with van der Waals surface area (Å²) in [5.74, 6) is 1.68. The van der Waals surface area contributed by atoms with E-state index in [1.807, 2.05) is 20.8 Å². The van der Waals surface area contributed by atoms with Gasteiger partial charge in [-0.05, 0) is 40.0 Å². The zero-order valence-corrected chi connectivity index (χ0v) is 19.9. The Bertz CT molecular complexity index is 688. The summed E-state index contributed by atoms with van der Waals surface area (Å²) in [6.07, 6.45) is 6.61. The molecule has 6 nitrogen and oxygen atoms in total. The molecule has 27 heavy (non-hydrogen) atoms. The molecule has 156 valence electrons. The predicted octanol–water partition coefficient (Wildman–Crippen LogP) is 2.43. The van der Waals surface area contributed by atoms with Gasteiger partial charge in [-0.1, -0.05) is 12.8 Å². The minimum absolute atomic E-state index is 0. The zero-order chi connectivity index (χ0) is 18.6. The van der Waals surface area contributed by atoms with E-state index >= 15 is 0 Å². The fraction of sp³-hybridized carbons (Fsp3) is 0.947. The molecule has 4 rings (SSSR count). The lowest BCUT2D eigenvalue weighted by Crippen LogP contribution is -2.70. The maximum atomic E-state index is 12.4. The quantitative estimate of drug-likeness (QED) is 0.351. The minimum atomic E-state index is -3.04. The van der Waals surface area contributed by atoms with Gasteiger partial charge in [-0.15, -0.1) is 24.0 Å². The van der Waals surface area contributed by atoms with Crippen LogP contribution in [0, 0.1) is 11.3 Å². The van der Waals surface area contributed by atoms with Crippen molar-refractivity contribution in [2.45, 2.75) is 69.8 Å². The van der Waals surface area contributed by atoms with Crippen molar-refractivity contribution in [3.63, 3.8) is 0 Å². The van der Waals surface area contributed by atoms with E-state index in [0.29, 0.717) is 37.7 Å². The summed E-state index contributed by atoms with van der Waals surface area (Å²) in [7, 11) is -3.04. The molecule has 2 aliphatic heterocycles. The van der Waals surface area contributed by atoms with Gasteiger partial charge in [0.2, 0.25) is 0 Å². The molecule has 0 amide bonds. The largest absolute Gasteiger partial charge is 0.377 e. The van der Waals surface area contributed by atoms with Gasteiger partial charge in [-0.25, -0.2) is 8.42 Å². The highest BCUT2D eigenvalue weighted by Gasteiger charge is 2.65. The van der Waals surface area contributed by atoms with Crippen molar-refractivity contribution in [2.24, 2.45) is 16.3 Å². The second-order valence-corrected chi connectivity index (χ2v) is 11.8. The van der Waals surface area contributed by atoms with Crippen molar-refractivity contribution in [1.29, 1.82) is 0 Å². The Hall–Kier alpha value is -0.0900. The van der Waals surface area contributed by atoms with Crippen molar-refractivity contribution in [3.8, 4) is 0 Å². The van der Waals surface area contributed by atoms with Crippen molar-refractivity contribution in [1.82, 2.24) is 10.2 Å². The van der Waals surface area contributed by atoms with E-state index in [-0.39, 0.29) is 35.1 Å². The molecule has 0 aromatic carbocycles. The summed E-state index contributed by atoms with van der Waals surface area (Å²) < 4.78 is 30.1. The van der Waals surface area contributed by atoms with E-state index in [2.05, 4.69) is 10.2 Å². The maximum absolute atomic E-state index is 12.4. The van der Waals surface area contributed by atoms with Crippen LogP contribution in [0.15, 0.2) is 4.99 Å². The molecule has 1 spiro atoms. The number of rotatable bonds is 2. The van der Waals surface area contributed by atoms with Crippen LogP contribution in [-0.4, -0.2) is 68.2 Å². The molecule has 0 aromatic rings. The molecule has 0 radical (unpaired) electrons. The van der Waals surface area contributed by atoms with E-state index in [0.717, 1.165) is 19.0 Å².